The normalized spacial score (nSPS) is 24.1. The van der Waals surface area contributed by atoms with Gasteiger partial charge in [-0.3, -0.25) is 0 Å². The monoisotopic (exact) mass is 214 g/mol. The zero-order chi connectivity index (χ0) is 11.5. The van der Waals surface area contributed by atoms with E-state index in [1.807, 2.05) is 19.1 Å². The molecule has 16 heavy (non-hydrogen) atoms. The summed E-state index contributed by atoms with van der Waals surface area (Å²) >= 11 is 0. The second-order valence-corrected chi connectivity index (χ2v) is 4.92. The third kappa shape index (κ3) is 2.36. The number of benzene rings is 1. The van der Waals surface area contributed by atoms with E-state index in [0.717, 1.165) is 22.7 Å². The molecule has 2 unspecified atom stereocenters. The number of aryl methyl sites for hydroxylation is 1. The first kappa shape index (κ1) is 11.0. The van der Waals surface area contributed by atoms with Crippen molar-refractivity contribution in [1.82, 2.24) is 0 Å². The molecule has 0 saturated heterocycles. The van der Waals surface area contributed by atoms with Crippen molar-refractivity contribution < 1.29 is 0 Å². The number of nitriles is 1. The van der Waals surface area contributed by atoms with Gasteiger partial charge in [0.05, 0.1) is 11.3 Å². The Morgan fingerprint density at radius 3 is 2.81 bits per heavy atom. The van der Waals surface area contributed by atoms with Gasteiger partial charge >= 0.3 is 0 Å². The molecule has 1 aromatic carbocycles. The summed E-state index contributed by atoms with van der Waals surface area (Å²) in [4.78, 5) is 0. The van der Waals surface area contributed by atoms with Crippen LogP contribution in [0.15, 0.2) is 18.2 Å². The summed E-state index contributed by atoms with van der Waals surface area (Å²) in [7, 11) is 0. The molecule has 0 aromatic heterocycles. The number of hydrogen-bond donors (Lipinski definition) is 1. The van der Waals surface area contributed by atoms with Crippen LogP contribution in [0.2, 0.25) is 0 Å². The minimum Gasteiger partial charge on any atom is -0.381 e. The van der Waals surface area contributed by atoms with Gasteiger partial charge in [-0.2, -0.15) is 5.26 Å². The van der Waals surface area contributed by atoms with Crippen LogP contribution in [0.5, 0.6) is 0 Å². The molecule has 2 heteroatoms. The lowest BCUT2D eigenvalue weighted by atomic mass is 10.1. The Kier molecular flexibility index (Phi) is 3.14. The van der Waals surface area contributed by atoms with Gasteiger partial charge in [0.1, 0.15) is 6.07 Å². The predicted molar refractivity (Wildman–Crippen MR) is 66.3 cm³/mol. The summed E-state index contributed by atoms with van der Waals surface area (Å²) in [5, 5.41) is 12.6. The fourth-order valence-corrected chi connectivity index (χ4v) is 2.43. The van der Waals surface area contributed by atoms with Crippen molar-refractivity contribution in [3.63, 3.8) is 0 Å². The van der Waals surface area contributed by atoms with Crippen LogP contribution in [-0.2, 0) is 0 Å². The molecular weight excluding hydrogens is 196 g/mol. The molecule has 0 heterocycles. The van der Waals surface area contributed by atoms with Gasteiger partial charge in [0.15, 0.2) is 0 Å². The van der Waals surface area contributed by atoms with Crippen LogP contribution in [0.25, 0.3) is 0 Å². The minimum absolute atomic E-state index is 0.546. The molecule has 2 nitrogen and oxygen atoms in total. The van der Waals surface area contributed by atoms with E-state index in [1.165, 1.54) is 19.3 Å². The zero-order valence-corrected chi connectivity index (χ0v) is 9.96. The van der Waals surface area contributed by atoms with Gasteiger partial charge in [0.2, 0.25) is 0 Å². The summed E-state index contributed by atoms with van der Waals surface area (Å²) in [6.45, 7) is 4.31. The van der Waals surface area contributed by atoms with Gasteiger partial charge in [-0.25, -0.2) is 0 Å². The molecule has 0 amide bonds. The summed E-state index contributed by atoms with van der Waals surface area (Å²) in [5.41, 5.74) is 2.90. The third-order valence-corrected chi connectivity index (χ3v) is 3.35. The minimum atomic E-state index is 0.546. The maximum Gasteiger partial charge on any atom is 0.101 e. The van der Waals surface area contributed by atoms with Crippen molar-refractivity contribution in [1.29, 1.82) is 5.26 Å². The van der Waals surface area contributed by atoms with Gasteiger partial charge in [-0.05, 0) is 49.8 Å². The number of hydrogen-bond acceptors (Lipinski definition) is 2. The molecule has 0 aliphatic heterocycles. The Morgan fingerprint density at radius 1 is 1.38 bits per heavy atom. The molecule has 1 saturated carbocycles. The second kappa shape index (κ2) is 4.57. The summed E-state index contributed by atoms with van der Waals surface area (Å²) < 4.78 is 0. The van der Waals surface area contributed by atoms with Crippen molar-refractivity contribution >= 4 is 5.69 Å². The fourth-order valence-electron chi connectivity index (χ4n) is 2.43. The molecule has 2 atom stereocenters. The number of nitrogens with one attached hydrogen (secondary N) is 1. The summed E-state index contributed by atoms with van der Waals surface area (Å²) in [5.74, 6) is 0.813. The Hall–Kier alpha value is -1.49. The van der Waals surface area contributed by atoms with Crippen molar-refractivity contribution in [3.05, 3.63) is 29.3 Å². The van der Waals surface area contributed by atoms with Gasteiger partial charge < -0.3 is 5.32 Å². The summed E-state index contributed by atoms with van der Waals surface area (Å²) in [6, 6.07) is 8.83. The van der Waals surface area contributed by atoms with Crippen molar-refractivity contribution in [3.8, 4) is 6.07 Å². The highest BCUT2D eigenvalue weighted by atomic mass is 14.9. The molecule has 1 fully saturated rings. The lowest BCUT2D eigenvalue weighted by molar-refractivity contribution is 0.602. The average Bonchev–Trinajstić information content (AvgIpc) is 2.67. The highest BCUT2D eigenvalue weighted by Gasteiger charge is 2.21. The first-order chi connectivity index (χ1) is 7.69. The van der Waals surface area contributed by atoms with E-state index in [9.17, 15) is 0 Å². The Labute approximate surface area is 97.3 Å². The maximum atomic E-state index is 9.08. The van der Waals surface area contributed by atoms with E-state index in [4.69, 9.17) is 5.26 Å². The smallest absolute Gasteiger partial charge is 0.101 e. The van der Waals surface area contributed by atoms with E-state index in [1.54, 1.807) is 0 Å². The van der Waals surface area contributed by atoms with Crippen LogP contribution < -0.4 is 5.32 Å². The molecule has 0 spiro atoms. The van der Waals surface area contributed by atoms with Crippen LogP contribution in [0.3, 0.4) is 0 Å². The molecule has 2 rings (SSSR count). The highest BCUT2D eigenvalue weighted by molar-refractivity contribution is 5.59. The van der Waals surface area contributed by atoms with E-state index in [2.05, 4.69) is 24.4 Å². The van der Waals surface area contributed by atoms with Crippen LogP contribution >= 0.6 is 0 Å². The molecule has 84 valence electrons. The van der Waals surface area contributed by atoms with E-state index in [-0.39, 0.29) is 0 Å². The van der Waals surface area contributed by atoms with Gasteiger partial charge in [0, 0.05) is 6.04 Å². The molecule has 0 radical (unpaired) electrons. The Bertz CT molecular complexity index is 417. The highest BCUT2D eigenvalue weighted by Crippen LogP contribution is 2.28. The fraction of sp³-hybridized carbons (Fsp3) is 0.500. The first-order valence-corrected chi connectivity index (χ1v) is 5.96. The first-order valence-electron chi connectivity index (χ1n) is 5.96. The number of anilines is 1. The van der Waals surface area contributed by atoms with E-state index in [0.29, 0.717) is 6.04 Å². The van der Waals surface area contributed by atoms with Crippen molar-refractivity contribution in [2.45, 2.75) is 39.2 Å². The molecule has 1 aliphatic carbocycles. The Balaban J connectivity index is 2.12. The van der Waals surface area contributed by atoms with Gasteiger partial charge in [-0.15, -0.1) is 0 Å². The van der Waals surface area contributed by atoms with Crippen LogP contribution in [-0.4, -0.2) is 6.04 Å². The van der Waals surface area contributed by atoms with Crippen LogP contribution in [0.1, 0.15) is 37.3 Å². The van der Waals surface area contributed by atoms with Gasteiger partial charge in [0.25, 0.3) is 0 Å². The second-order valence-electron chi connectivity index (χ2n) is 4.92. The topological polar surface area (TPSA) is 35.8 Å². The van der Waals surface area contributed by atoms with Crippen LogP contribution in [0.4, 0.5) is 5.69 Å². The maximum absolute atomic E-state index is 9.08. The third-order valence-electron chi connectivity index (χ3n) is 3.35. The predicted octanol–water partition coefficient (Wildman–Crippen LogP) is 3.47. The van der Waals surface area contributed by atoms with Crippen molar-refractivity contribution in [2.75, 3.05) is 5.32 Å². The SMILES string of the molecule is Cc1ccc(NC2CCC(C)C2)c(C#N)c1. The number of rotatable bonds is 2. The van der Waals surface area contributed by atoms with Crippen molar-refractivity contribution in [2.24, 2.45) is 5.92 Å². The molecular formula is C14H18N2. The Morgan fingerprint density at radius 2 is 2.19 bits per heavy atom. The summed E-state index contributed by atoms with van der Waals surface area (Å²) in [6.07, 6.45) is 3.74. The van der Waals surface area contributed by atoms with Gasteiger partial charge in [-0.1, -0.05) is 13.0 Å². The average molecular weight is 214 g/mol. The standard InChI is InChI=1S/C14H18N2/c1-10-4-6-14(12(7-10)9-15)16-13-5-3-11(2)8-13/h4,6-7,11,13,16H,3,5,8H2,1-2H3. The number of nitrogens with zero attached hydrogens (tertiary/aromatic N) is 1. The molecule has 1 aromatic rings. The van der Waals surface area contributed by atoms with Crippen LogP contribution in [0, 0.1) is 24.2 Å². The lowest BCUT2D eigenvalue weighted by Crippen LogP contribution is -2.16. The van der Waals surface area contributed by atoms with E-state index < -0.39 is 0 Å². The van der Waals surface area contributed by atoms with E-state index >= 15 is 0 Å². The molecule has 0 bridgehead atoms. The molecule has 1 N–H and O–H groups in total. The molecule has 1 aliphatic rings. The zero-order valence-electron chi connectivity index (χ0n) is 9.96. The lowest BCUT2D eigenvalue weighted by Gasteiger charge is -2.15. The largest absolute Gasteiger partial charge is 0.381 e. The quantitative estimate of drug-likeness (QED) is 0.818.